The number of carbonyl (C=O) groups is 1. The third kappa shape index (κ3) is 4.95. The van der Waals surface area contributed by atoms with Crippen molar-refractivity contribution in [3.8, 4) is 16.9 Å². The van der Waals surface area contributed by atoms with E-state index in [4.69, 9.17) is 21.1 Å². The first kappa shape index (κ1) is 26.4. The molecule has 0 atom stereocenters. The number of halogens is 4. The molecule has 5 rings (SSSR count). The molecule has 1 spiro atoms. The largest absolute Gasteiger partial charge is 0.494 e. The lowest BCUT2D eigenvalue weighted by atomic mass is 9.90. The van der Waals surface area contributed by atoms with Crippen molar-refractivity contribution in [2.45, 2.75) is 38.8 Å². The molecule has 38 heavy (non-hydrogen) atoms. The number of carbonyl (C=O) groups excluding carboxylic acids is 1. The summed E-state index contributed by atoms with van der Waals surface area (Å²) >= 11 is 6.31. The molecule has 2 saturated heterocycles. The highest BCUT2D eigenvalue weighted by atomic mass is 35.5. The van der Waals surface area contributed by atoms with E-state index < -0.39 is 29.1 Å². The predicted molar refractivity (Wildman–Crippen MR) is 140 cm³/mol. The smallest absolute Gasteiger partial charge is 0.415 e. The Morgan fingerprint density at radius 1 is 1.03 bits per heavy atom. The van der Waals surface area contributed by atoms with E-state index in [2.05, 4.69) is 4.90 Å². The van der Waals surface area contributed by atoms with E-state index in [0.29, 0.717) is 67.7 Å². The topological polar surface area (TPSA) is 42.0 Å². The quantitative estimate of drug-likeness (QED) is 0.310. The first-order chi connectivity index (χ1) is 18.2. The number of rotatable bonds is 6. The van der Waals surface area contributed by atoms with E-state index in [1.54, 1.807) is 23.1 Å². The zero-order valence-corrected chi connectivity index (χ0v) is 22.0. The fourth-order valence-corrected chi connectivity index (χ4v) is 5.49. The Morgan fingerprint density at radius 2 is 1.76 bits per heavy atom. The van der Waals surface area contributed by atoms with Gasteiger partial charge in [-0.15, -0.1) is 0 Å². The fourth-order valence-electron chi connectivity index (χ4n) is 5.26. The molecule has 2 fully saturated rings. The molecule has 2 aliphatic heterocycles. The zero-order chi connectivity index (χ0) is 27.0. The van der Waals surface area contributed by atoms with Crippen LogP contribution in [-0.2, 0) is 11.3 Å². The lowest BCUT2D eigenvalue weighted by Gasteiger charge is -2.37. The number of para-hydroxylation sites is 1. The molecule has 0 unspecified atom stereocenters. The average molecular weight is 545 g/mol. The molecule has 1 amide bonds. The van der Waals surface area contributed by atoms with Crippen LogP contribution in [0.3, 0.4) is 0 Å². The summed E-state index contributed by atoms with van der Waals surface area (Å²) in [5.74, 6) is -3.28. The number of anilines is 1. The highest BCUT2D eigenvalue weighted by molar-refractivity contribution is 6.33. The van der Waals surface area contributed by atoms with Crippen LogP contribution in [-0.4, -0.2) is 42.8 Å². The number of benzene rings is 3. The average Bonchev–Trinajstić information content (AvgIpc) is 3.22. The van der Waals surface area contributed by atoms with Crippen LogP contribution < -0.4 is 9.64 Å². The van der Waals surface area contributed by atoms with Crippen molar-refractivity contribution >= 4 is 23.4 Å². The van der Waals surface area contributed by atoms with Crippen molar-refractivity contribution in [3.63, 3.8) is 0 Å². The van der Waals surface area contributed by atoms with Crippen LogP contribution in [0.25, 0.3) is 11.1 Å². The predicted octanol–water partition coefficient (Wildman–Crippen LogP) is 7.12. The third-order valence-electron chi connectivity index (χ3n) is 7.30. The SMILES string of the molecule is CCOc1cc(CN2CCC3(CC2)CN(c2ccccc2Cl)C(=O)O3)c(-c2ccc(F)c(F)c2F)cc1C. The Hall–Kier alpha value is -3.23. The zero-order valence-electron chi connectivity index (χ0n) is 21.2. The van der Waals surface area contributed by atoms with Gasteiger partial charge in [0.1, 0.15) is 11.4 Å². The second-order valence-corrected chi connectivity index (χ2v) is 10.2. The molecule has 9 heteroatoms. The number of hydrogen-bond donors (Lipinski definition) is 0. The summed E-state index contributed by atoms with van der Waals surface area (Å²) in [6, 6.07) is 13.0. The monoisotopic (exact) mass is 544 g/mol. The Balaban J connectivity index is 1.37. The van der Waals surface area contributed by atoms with Crippen molar-refractivity contribution in [1.29, 1.82) is 0 Å². The molecule has 2 aliphatic rings. The van der Waals surface area contributed by atoms with Crippen molar-refractivity contribution in [2.24, 2.45) is 0 Å². The van der Waals surface area contributed by atoms with Gasteiger partial charge in [-0.25, -0.2) is 18.0 Å². The lowest BCUT2D eigenvalue weighted by Crippen LogP contribution is -2.46. The second kappa shape index (κ2) is 10.5. The Kier molecular flexibility index (Phi) is 7.29. The summed E-state index contributed by atoms with van der Waals surface area (Å²) < 4.78 is 54.2. The maximum atomic E-state index is 14.8. The van der Waals surface area contributed by atoms with E-state index in [9.17, 15) is 18.0 Å². The van der Waals surface area contributed by atoms with E-state index in [1.165, 1.54) is 6.07 Å². The van der Waals surface area contributed by atoms with Crippen LogP contribution in [0, 0.1) is 24.4 Å². The van der Waals surface area contributed by atoms with Gasteiger partial charge in [0, 0.05) is 38.0 Å². The number of nitrogens with zero attached hydrogens (tertiary/aromatic N) is 2. The molecule has 3 aromatic carbocycles. The van der Waals surface area contributed by atoms with Gasteiger partial charge in [-0.1, -0.05) is 23.7 Å². The molecule has 0 N–H and O–H groups in total. The minimum absolute atomic E-state index is 0.00127. The number of aryl methyl sites for hydroxylation is 1. The van der Waals surface area contributed by atoms with Crippen LogP contribution in [0.5, 0.6) is 5.75 Å². The van der Waals surface area contributed by atoms with Crippen molar-refractivity contribution in [3.05, 3.63) is 82.1 Å². The Labute approximate surface area is 224 Å². The summed E-state index contributed by atoms with van der Waals surface area (Å²) in [5, 5.41) is 0.486. The van der Waals surface area contributed by atoms with Crippen LogP contribution >= 0.6 is 11.6 Å². The highest BCUT2D eigenvalue weighted by Gasteiger charge is 2.47. The van der Waals surface area contributed by atoms with Gasteiger partial charge in [0.2, 0.25) is 0 Å². The molecule has 0 radical (unpaired) electrons. The minimum Gasteiger partial charge on any atom is -0.494 e. The standard InChI is InChI=1S/C29H28ClF3N2O3/c1-3-37-25-15-19(21(14-18(25)2)20-8-9-23(31)27(33)26(20)32)16-34-12-10-29(11-13-34)17-35(28(36)38-29)24-7-5-4-6-22(24)30/h4-9,14-15H,3,10-13,16-17H2,1-2H3. The van der Waals surface area contributed by atoms with E-state index in [1.807, 2.05) is 32.0 Å². The van der Waals surface area contributed by atoms with Crippen LogP contribution in [0.4, 0.5) is 23.7 Å². The maximum Gasteiger partial charge on any atom is 0.415 e. The summed E-state index contributed by atoms with van der Waals surface area (Å²) in [6.45, 7) is 6.27. The highest BCUT2D eigenvalue weighted by Crippen LogP contribution is 2.39. The van der Waals surface area contributed by atoms with Gasteiger partial charge in [-0.2, -0.15) is 0 Å². The molecule has 5 nitrogen and oxygen atoms in total. The second-order valence-electron chi connectivity index (χ2n) is 9.80. The van der Waals surface area contributed by atoms with Crippen molar-refractivity contribution < 1.29 is 27.4 Å². The van der Waals surface area contributed by atoms with Gasteiger partial charge in [-0.3, -0.25) is 9.80 Å². The van der Waals surface area contributed by atoms with Crippen molar-refractivity contribution in [1.82, 2.24) is 4.90 Å². The van der Waals surface area contributed by atoms with Gasteiger partial charge in [-0.05, 0) is 66.9 Å². The van der Waals surface area contributed by atoms with Gasteiger partial charge < -0.3 is 9.47 Å². The first-order valence-corrected chi connectivity index (χ1v) is 13.0. The van der Waals surface area contributed by atoms with Crippen molar-refractivity contribution in [2.75, 3.05) is 31.1 Å². The third-order valence-corrected chi connectivity index (χ3v) is 7.62. The number of piperidine rings is 1. The Morgan fingerprint density at radius 3 is 2.47 bits per heavy atom. The fraction of sp³-hybridized carbons (Fsp3) is 0.345. The molecule has 0 aliphatic carbocycles. The number of ether oxygens (including phenoxy) is 2. The summed E-state index contributed by atoms with van der Waals surface area (Å²) in [4.78, 5) is 16.5. The van der Waals surface area contributed by atoms with E-state index >= 15 is 0 Å². The number of hydrogen-bond acceptors (Lipinski definition) is 4. The molecule has 2 heterocycles. The maximum absolute atomic E-state index is 14.8. The van der Waals surface area contributed by atoms with E-state index in [-0.39, 0.29) is 5.56 Å². The molecular weight excluding hydrogens is 517 g/mol. The number of amides is 1. The van der Waals surface area contributed by atoms with Gasteiger partial charge in [0.25, 0.3) is 0 Å². The number of likely N-dealkylation sites (tertiary alicyclic amines) is 1. The van der Waals surface area contributed by atoms with Gasteiger partial charge >= 0.3 is 6.09 Å². The minimum atomic E-state index is -1.49. The van der Waals surface area contributed by atoms with Crippen LogP contribution in [0.15, 0.2) is 48.5 Å². The molecule has 0 saturated carbocycles. The first-order valence-electron chi connectivity index (χ1n) is 12.6. The molecule has 3 aromatic rings. The molecule has 200 valence electrons. The van der Waals surface area contributed by atoms with Crippen LogP contribution in [0.2, 0.25) is 5.02 Å². The van der Waals surface area contributed by atoms with Gasteiger partial charge in [0.05, 0.1) is 23.9 Å². The normalized spacial score (nSPS) is 17.2. The van der Waals surface area contributed by atoms with E-state index in [0.717, 1.165) is 17.2 Å². The molecular formula is C29H28ClF3N2O3. The Bertz CT molecular complexity index is 1380. The molecule has 0 aromatic heterocycles. The van der Waals surface area contributed by atoms with Crippen LogP contribution in [0.1, 0.15) is 30.9 Å². The molecule has 0 bridgehead atoms. The summed E-state index contributed by atoms with van der Waals surface area (Å²) in [5.41, 5.74) is 2.00. The lowest BCUT2D eigenvalue weighted by molar-refractivity contribution is -0.000952. The summed E-state index contributed by atoms with van der Waals surface area (Å²) in [6.07, 6.45) is 0.805. The van der Waals surface area contributed by atoms with Gasteiger partial charge in [0.15, 0.2) is 17.5 Å². The summed E-state index contributed by atoms with van der Waals surface area (Å²) in [7, 11) is 0.